The number of aryl methyl sites for hydroxylation is 3. The van der Waals surface area contributed by atoms with Gasteiger partial charge < -0.3 is 5.32 Å². The maximum Gasteiger partial charge on any atom is 0.269 e. The molecular weight excluding hydrogens is 322 g/mol. The standard InChI is InChI=1S/C22H23N3O/c1-14-10-11-17(12-15(14)2)20-13-21(25-24-20)22(26)23-19-9-5-7-16-6-3-4-8-18(16)19/h3-4,6,8,10-13,19H,5,7,9H2,1-2H3,(H,23,26)(H,24,25)/t19-/m0/s1. The number of nitrogens with zero attached hydrogens (tertiary/aromatic N) is 1. The molecular formula is C22H23N3O. The van der Waals surface area contributed by atoms with E-state index in [1.807, 2.05) is 18.2 Å². The molecule has 0 spiro atoms. The monoisotopic (exact) mass is 345 g/mol. The molecule has 2 N–H and O–H groups in total. The molecule has 1 aromatic heterocycles. The number of H-pyrrole nitrogens is 1. The van der Waals surface area contributed by atoms with Crippen LogP contribution in [-0.4, -0.2) is 16.1 Å². The van der Waals surface area contributed by atoms with E-state index in [9.17, 15) is 4.79 Å². The number of aromatic nitrogens is 2. The molecule has 1 heterocycles. The second kappa shape index (κ2) is 6.79. The summed E-state index contributed by atoms with van der Waals surface area (Å²) in [5, 5.41) is 10.4. The second-order valence-corrected chi connectivity index (χ2v) is 7.08. The summed E-state index contributed by atoms with van der Waals surface area (Å²) < 4.78 is 0. The zero-order chi connectivity index (χ0) is 18.1. The van der Waals surface area contributed by atoms with Gasteiger partial charge in [-0.3, -0.25) is 9.89 Å². The number of nitrogens with one attached hydrogen (secondary N) is 2. The van der Waals surface area contributed by atoms with E-state index in [2.05, 4.69) is 59.7 Å². The summed E-state index contributed by atoms with van der Waals surface area (Å²) in [6.07, 6.45) is 3.16. The Labute approximate surface area is 153 Å². The number of aromatic amines is 1. The Bertz CT molecular complexity index is 958. The van der Waals surface area contributed by atoms with Crippen LogP contribution in [0.25, 0.3) is 11.3 Å². The third-order valence-electron chi connectivity index (χ3n) is 5.30. The lowest BCUT2D eigenvalue weighted by Gasteiger charge is -2.26. The van der Waals surface area contributed by atoms with E-state index in [-0.39, 0.29) is 11.9 Å². The summed E-state index contributed by atoms with van der Waals surface area (Å²) in [7, 11) is 0. The highest BCUT2D eigenvalue weighted by molar-refractivity contribution is 5.93. The minimum absolute atomic E-state index is 0.0702. The first-order chi connectivity index (χ1) is 12.6. The molecule has 0 aliphatic heterocycles. The van der Waals surface area contributed by atoms with Crippen LogP contribution in [0.15, 0.2) is 48.5 Å². The van der Waals surface area contributed by atoms with Gasteiger partial charge in [0.05, 0.1) is 11.7 Å². The molecule has 1 amide bonds. The van der Waals surface area contributed by atoms with Gasteiger partial charge in [0.25, 0.3) is 5.91 Å². The molecule has 132 valence electrons. The molecule has 1 aliphatic rings. The number of carbonyl (C=O) groups is 1. The topological polar surface area (TPSA) is 57.8 Å². The van der Waals surface area contributed by atoms with Crippen LogP contribution in [0.4, 0.5) is 0 Å². The first-order valence-electron chi connectivity index (χ1n) is 9.13. The number of hydrogen-bond acceptors (Lipinski definition) is 2. The van der Waals surface area contributed by atoms with Gasteiger partial charge in [-0.2, -0.15) is 5.10 Å². The molecule has 4 nitrogen and oxygen atoms in total. The van der Waals surface area contributed by atoms with Crippen molar-refractivity contribution >= 4 is 5.91 Å². The first kappa shape index (κ1) is 16.6. The summed E-state index contributed by atoms with van der Waals surface area (Å²) in [6.45, 7) is 4.17. The van der Waals surface area contributed by atoms with Gasteiger partial charge in [0.2, 0.25) is 0 Å². The molecule has 1 atom stereocenters. The van der Waals surface area contributed by atoms with Crippen LogP contribution < -0.4 is 5.32 Å². The average molecular weight is 345 g/mol. The van der Waals surface area contributed by atoms with Gasteiger partial charge >= 0.3 is 0 Å². The third kappa shape index (κ3) is 3.15. The lowest BCUT2D eigenvalue weighted by atomic mass is 9.87. The van der Waals surface area contributed by atoms with E-state index >= 15 is 0 Å². The van der Waals surface area contributed by atoms with E-state index in [4.69, 9.17) is 0 Å². The average Bonchev–Trinajstić information content (AvgIpc) is 3.15. The van der Waals surface area contributed by atoms with Crippen LogP contribution in [0.5, 0.6) is 0 Å². The number of hydrogen-bond donors (Lipinski definition) is 2. The van der Waals surface area contributed by atoms with E-state index in [0.717, 1.165) is 30.5 Å². The van der Waals surface area contributed by atoms with Crippen molar-refractivity contribution in [1.29, 1.82) is 0 Å². The number of amides is 1. The van der Waals surface area contributed by atoms with Crippen LogP contribution >= 0.6 is 0 Å². The molecule has 4 heteroatoms. The summed E-state index contributed by atoms with van der Waals surface area (Å²) >= 11 is 0. The van der Waals surface area contributed by atoms with Gasteiger partial charge in [0.1, 0.15) is 5.69 Å². The van der Waals surface area contributed by atoms with Crippen LogP contribution in [-0.2, 0) is 6.42 Å². The predicted octanol–water partition coefficient (Wildman–Crippen LogP) is 4.50. The fourth-order valence-electron chi connectivity index (χ4n) is 3.63. The predicted molar refractivity (Wildman–Crippen MR) is 103 cm³/mol. The Morgan fingerprint density at radius 3 is 2.81 bits per heavy atom. The number of rotatable bonds is 3. The van der Waals surface area contributed by atoms with Crippen molar-refractivity contribution in [3.63, 3.8) is 0 Å². The Kier molecular flexibility index (Phi) is 4.33. The van der Waals surface area contributed by atoms with Gasteiger partial charge in [0.15, 0.2) is 0 Å². The molecule has 0 saturated heterocycles. The normalized spacial score (nSPS) is 16.2. The number of carbonyl (C=O) groups excluding carboxylic acids is 1. The van der Waals surface area contributed by atoms with Gasteiger partial charge in [0, 0.05) is 5.56 Å². The minimum atomic E-state index is -0.103. The molecule has 4 rings (SSSR count). The zero-order valence-corrected chi connectivity index (χ0v) is 15.2. The quantitative estimate of drug-likeness (QED) is 0.734. The Balaban J connectivity index is 1.53. The molecule has 0 radical (unpaired) electrons. The van der Waals surface area contributed by atoms with E-state index in [1.165, 1.54) is 22.3 Å². The zero-order valence-electron chi connectivity index (χ0n) is 15.2. The molecule has 0 unspecified atom stereocenters. The molecule has 0 bridgehead atoms. The summed E-state index contributed by atoms with van der Waals surface area (Å²) in [5.74, 6) is -0.103. The van der Waals surface area contributed by atoms with Crippen LogP contribution in [0, 0.1) is 13.8 Å². The highest BCUT2D eigenvalue weighted by Gasteiger charge is 2.22. The van der Waals surface area contributed by atoms with E-state index in [1.54, 1.807) is 0 Å². The number of fused-ring (bicyclic) bond motifs is 1. The van der Waals surface area contributed by atoms with Gasteiger partial charge in [-0.25, -0.2) is 0 Å². The minimum Gasteiger partial charge on any atom is -0.344 e. The summed E-state index contributed by atoms with van der Waals surface area (Å²) in [5.41, 5.74) is 7.36. The van der Waals surface area contributed by atoms with Crippen molar-refractivity contribution in [2.75, 3.05) is 0 Å². The van der Waals surface area contributed by atoms with Gasteiger partial charge in [-0.15, -0.1) is 0 Å². The maximum absolute atomic E-state index is 12.7. The van der Waals surface area contributed by atoms with Crippen LogP contribution in [0.1, 0.15) is 51.6 Å². The van der Waals surface area contributed by atoms with Crippen molar-refractivity contribution in [3.8, 4) is 11.3 Å². The Morgan fingerprint density at radius 1 is 1.12 bits per heavy atom. The highest BCUT2D eigenvalue weighted by atomic mass is 16.2. The van der Waals surface area contributed by atoms with Crippen molar-refractivity contribution in [3.05, 3.63) is 76.5 Å². The molecule has 2 aromatic carbocycles. The number of benzene rings is 2. The van der Waals surface area contributed by atoms with Gasteiger partial charge in [-0.05, 0) is 67.5 Å². The molecule has 3 aromatic rings. The summed E-state index contributed by atoms with van der Waals surface area (Å²) in [4.78, 5) is 12.7. The Hall–Kier alpha value is -2.88. The molecule has 26 heavy (non-hydrogen) atoms. The van der Waals surface area contributed by atoms with Crippen LogP contribution in [0.2, 0.25) is 0 Å². The van der Waals surface area contributed by atoms with Crippen molar-refractivity contribution < 1.29 is 4.79 Å². The van der Waals surface area contributed by atoms with Crippen molar-refractivity contribution in [2.45, 2.75) is 39.2 Å². The van der Waals surface area contributed by atoms with E-state index in [0.29, 0.717) is 5.69 Å². The highest BCUT2D eigenvalue weighted by Crippen LogP contribution is 2.29. The lowest BCUT2D eigenvalue weighted by molar-refractivity contribution is 0.0927. The van der Waals surface area contributed by atoms with Crippen LogP contribution in [0.3, 0.4) is 0 Å². The van der Waals surface area contributed by atoms with Crippen molar-refractivity contribution in [2.24, 2.45) is 0 Å². The second-order valence-electron chi connectivity index (χ2n) is 7.08. The largest absolute Gasteiger partial charge is 0.344 e. The molecule has 0 saturated carbocycles. The fraction of sp³-hybridized carbons (Fsp3) is 0.273. The van der Waals surface area contributed by atoms with Gasteiger partial charge in [-0.1, -0.05) is 36.4 Å². The van der Waals surface area contributed by atoms with Crippen molar-refractivity contribution in [1.82, 2.24) is 15.5 Å². The fourth-order valence-corrected chi connectivity index (χ4v) is 3.63. The third-order valence-corrected chi connectivity index (χ3v) is 5.30. The Morgan fingerprint density at radius 2 is 1.96 bits per heavy atom. The molecule has 1 aliphatic carbocycles. The maximum atomic E-state index is 12.7. The first-order valence-corrected chi connectivity index (χ1v) is 9.13. The van der Waals surface area contributed by atoms with E-state index < -0.39 is 0 Å². The summed E-state index contributed by atoms with van der Waals surface area (Å²) in [6, 6.07) is 16.5. The lowest BCUT2D eigenvalue weighted by Crippen LogP contribution is -2.31. The molecule has 0 fully saturated rings. The smallest absolute Gasteiger partial charge is 0.269 e. The SMILES string of the molecule is Cc1ccc(-c2cc(C(=O)N[C@H]3CCCc4ccccc43)[nH]n2)cc1C.